The zero-order valence-corrected chi connectivity index (χ0v) is 12.3. The van der Waals surface area contributed by atoms with Gasteiger partial charge in [-0.15, -0.1) is 0 Å². The number of halogens is 1. The summed E-state index contributed by atoms with van der Waals surface area (Å²) in [5.41, 5.74) is 8.36. The summed E-state index contributed by atoms with van der Waals surface area (Å²) < 4.78 is 19.1. The molecule has 0 bridgehead atoms. The van der Waals surface area contributed by atoms with Crippen molar-refractivity contribution in [2.24, 2.45) is 5.73 Å². The molecule has 20 heavy (non-hydrogen) atoms. The van der Waals surface area contributed by atoms with Gasteiger partial charge >= 0.3 is 0 Å². The Morgan fingerprint density at radius 2 is 1.95 bits per heavy atom. The summed E-state index contributed by atoms with van der Waals surface area (Å²) in [5, 5.41) is 0. The van der Waals surface area contributed by atoms with Crippen molar-refractivity contribution >= 4 is 17.2 Å². The van der Waals surface area contributed by atoms with Crippen molar-refractivity contribution in [3.05, 3.63) is 52.6 Å². The topological polar surface area (TPSA) is 48.1 Å². The number of rotatable bonds is 3. The predicted octanol–water partition coefficient (Wildman–Crippen LogP) is 3.57. The standard InChI is InChI=1S/C15H15FN2OS/c1-8-6-11(4-5-12(8)16)19-13-7-9(2)18-10(3)14(13)15(17)20/h4-7H,1-3H3,(H2,17,20). The van der Waals surface area contributed by atoms with Gasteiger partial charge in [-0.2, -0.15) is 0 Å². The van der Waals surface area contributed by atoms with Crippen molar-refractivity contribution in [2.75, 3.05) is 0 Å². The van der Waals surface area contributed by atoms with Crippen LogP contribution in [0.3, 0.4) is 0 Å². The Balaban J connectivity index is 2.47. The van der Waals surface area contributed by atoms with Crippen LogP contribution in [0.15, 0.2) is 24.3 Å². The number of nitrogens with zero attached hydrogens (tertiary/aromatic N) is 1. The highest BCUT2D eigenvalue weighted by atomic mass is 32.1. The number of aryl methyl sites for hydroxylation is 3. The molecule has 104 valence electrons. The first-order valence-electron chi connectivity index (χ1n) is 6.10. The first-order chi connectivity index (χ1) is 9.38. The van der Waals surface area contributed by atoms with E-state index in [4.69, 9.17) is 22.7 Å². The third kappa shape index (κ3) is 2.93. The van der Waals surface area contributed by atoms with E-state index >= 15 is 0 Å². The van der Waals surface area contributed by atoms with Gasteiger partial charge in [0.25, 0.3) is 0 Å². The van der Waals surface area contributed by atoms with Crippen LogP contribution in [0.1, 0.15) is 22.5 Å². The number of hydrogen-bond acceptors (Lipinski definition) is 3. The predicted molar refractivity (Wildman–Crippen MR) is 80.8 cm³/mol. The average molecular weight is 290 g/mol. The minimum Gasteiger partial charge on any atom is -0.456 e. The zero-order chi connectivity index (χ0) is 14.9. The van der Waals surface area contributed by atoms with Crippen molar-refractivity contribution in [3.8, 4) is 11.5 Å². The summed E-state index contributed by atoms with van der Waals surface area (Å²) in [7, 11) is 0. The van der Waals surface area contributed by atoms with Crippen LogP contribution in [0.25, 0.3) is 0 Å². The smallest absolute Gasteiger partial charge is 0.141 e. The lowest BCUT2D eigenvalue weighted by atomic mass is 10.1. The molecule has 0 atom stereocenters. The summed E-state index contributed by atoms with van der Waals surface area (Å²) in [6.45, 7) is 5.36. The molecule has 0 radical (unpaired) electrons. The molecule has 2 N–H and O–H groups in total. The van der Waals surface area contributed by atoms with Gasteiger partial charge in [0.15, 0.2) is 0 Å². The molecule has 1 aromatic carbocycles. The van der Waals surface area contributed by atoms with Gasteiger partial charge < -0.3 is 10.5 Å². The minimum atomic E-state index is -0.269. The first kappa shape index (κ1) is 14.4. The first-order valence-corrected chi connectivity index (χ1v) is 6.51. The zero-order valence-electron chi connectivity index (χ0n) is 11.5. The van der Waals surface area contributed by atoms with E-state index in [0.29, 0.717) is 28.3 Å². The van der Waals surface area contributed by atoms with Crippen LogP contribution in [-0.4, -0.2) is 9.97 Å². The van der Waals surface area contributed by atoms with Crippen LogP contribution in [0, 0.1) is 26.6 Å². The van der Waals surface area contributed by atoms with E-state index in [-0.39, 0.29) is 10.8 Å². The van der Waals surface area contributed by atoms with Gasteiger partial charge in [-0.3, -0.25) is 4.98 Å². The van der Waals surface area contributed by atoms with E-state index in [1.54, 1.807) is 25.1 Å². The highest BCUT2D eigenvalue weighted by Crippen LogP contribution is 2.28. The van der Waals surface area contributed by atoms with Crippen LogP contribution < -0.4 is 10.5 Å². The van der Waals surface area contributed by atoms with Gasteiger partial charge in [0.1, 0.15) is 22.3 Å². The quantitative estimate of drug-likeness (QED) is 0.878. The second-order valence-corrected chi connectivity index (χ2v) is 5.04. The molecule has 0 unspecified atom stereocenters. The lowest BCUT2D eigenvalue weighted by Gasteiger charge is -2.13. The molecule has 0 amide bonds. The van der Waals surface area contributed by atoms with Crippen LogP contribution in [0.5, 0.6) is 11.5 Å². The molecule has 0 aliphatic rings. The molecule has 2 rings (SSSR count). The molecule has 0 saturated carbocycles. The number of hydrogen-bond donors (Lipinski definition) is 1. The Morgan fingerprint density at radius 3 is 2.55 bits per heavy atom. The molecular weight excluding hydrogens is 275 g/mol. The Morgan fingerprint density at radius 1 is 1.25 bits per heavy atom. The highest BCUT2D eigenvalue weighted by Gasteiger charge is 2.13. The number of thiocarbonyl (C=S) groups is 1. The molecule has 0 saturated heterocycles. The van der Waals surface area contributed by atoms with Gasteiger partial charge in [-0.05, 0) is 44.5 Å². The van der Waals surface area contributed by atoms with Gasteiger partial charge in [0.2, 0.25) is 0 Å². The molecule has 0 spiro atoms. The molecule has 2 aromatic rings. The van der Waals surface area contributed by atoms with Crippen LogP contribution in [-0.2, 0) is 0 Å². The number of benzene rings is 1. The lowest BCUT2D eigenvalue weighted by Crippen LogP contribution is -2.14. The average Bonchev–Trinajstić information content (AvgIpc) is 2.32. The second-order valence-electron chi connectivity index (χ2n) is 4.60. The summed E-state index contributed by atoms with van der Waals surface area (Å²) in [6.07, 6.45) is 0. The fourth-order valence-electron chi connectivity index (χ4n) is 1.98. The molecule has 0 aliphatic heterocycles. The fourth-order valence-corrected chi connectivity index (χ4v) is 2.23. The Kier molecular flexibility index (Phi) is 3.99. The fraction of sp³-hybridized carbons (Fsp3) is 0.200. The van der Waals surface area contributed by atoms with E-state index in [1.807, 2.05) is 13.8 Å². The summed E-state index contributed by atoms with van der Waals surface area (Å²) in [6, 6.07) is 6.33. The number of aromatic nitrogens is 1. The molecular formula is C15H15FN2OS. The van der Waals surface area contributed by atoms with E-state index in [0.717, 1.165) is 5.69 Å². The summed E-state index contributed by atoms with van der Waals surface area (Å²) >= 11 is 5.04. The van der Waals surface area contributed by atoms with Gasteiger partial charge in [0.05, 0.1) is 11.3 Å². The van der Waals surface area contributed by atoms with Crippen molar-refractivity contribution in [2.45, 2.75) is 20.8 Å². The van der Waals surface area contributed by atoms with E-state index in [9.17, 15) is 4.39 Å². The van der Waals surface area contributed by atoms with Gasteiger partial charge in [0, 0.05) is 11.8 Å². The Labute approximate surface area is 122 Å². The second kappa shape index (κ2) is 5.54. The van der Waals surface area contributed by atoms with Crippen molar-refractivity contribution in [1.82, 2.24) is 4.98 Å². The van der Waals surface area contributed by atoms with Crippen LogP contribution in [0.4, 0.5) is 4.39 Å². The van der Waals surface area contributed by atoms with E-state index < -0.39 is 0 Å². The highest BCUT2D eigenvalue weighted by molar-refractivity contribution is 7.80. The van der Waals surface area contributed by atoms with Gasteiger partial charge in [-0.25, -0.2) is 4.39 Å². The monoisotopic (exact) mass is 290 g/mol. The van der Waals surface area contributed by atoms with Crippen molar-refractivity contribution in [3.63, 3.8) is 0 Å². The number of nitrogens with two attached hydrogens (primary N) is 1. The molecule has 1 heterocycles. The van der Waals surface area contributed by atoms with Crippen molar-refractivity contribution in [1.29, 1.82) is 0 Å². The SMILES string of the molecule is Cc1cc(Oc2ccc(F)c(C)c2)c(C(N)=S)c(C)n1. The molecule has 1 aromatic heterocycles. The van der Waals surface area contributed by atoms with Gasteiger partial charge in [-0.1, -0.05) is 12.2 Å². The van der Waals surface area contributed by atoms with Crippen molar-refractivity contribution < 1.29 is 9.13 Å². The molecule has 5 heteroatoms. The van der Waals surface area contributed by atoms with Crippen LogP contribution in [0.2, 0.25) is 0 Å². The van der Waals surface area contributed by atoms with E-state index in [1.165, 1.54) is 6.07 Å². The number of pyridine rings is 1. The maximum Gasteiger partial charge on any atom is 0.141 e. The molecule has 0 fully saturated rings. The Hall–Kier alpha value is -2.01. The Bertz CT molecular complexity index is 686. The maximum absolute atomic E-state index is 13.3. The minimum absolute atomic E-state index is 0.226. The summed E-state index contributed by atoms with van der Waals surface area (Å²) in [5.74, 6) is 0.800. The lowest BCUT2D eigenvalue weighted by molar-refractivity contribution is 0.477. The van der Waals surface area contributed by atoms with E-state index in [2.05, 4.69) is 4.98 Å². The third-order valence-corrected chi connectivity index (χ3v) is 3.10. The summed E-state index contributed by atoms with van der Waals surface area (Å²) in [4.78, 5) is 4.55. The normalized spacial score (nSPS) is 10.4. The maximum atomic E-state index is 13.3. The number of ether oxygens (including phenoxy) is 1. The third-order valence-electron chi connectivity index (χ3n) is 2.90. The molecule has 0 aliphatic carbocycles. The van der Waals surface area contributed by atoms with Crippen LogP contribution >= 0.6 is 12.2 Å². The molecule has 3 nitrogen and oxygen atoms in total. The largest absolute Gasteiger partial charge is 0.456 e.